The summed E-state index contributed by atoms with van der Waals surface area (Å²) in [5.74, 6) is 0.0581. The van der Waals surface area contributed by atoms with Crippen molar-refractivity contribution in [3.05, 3.63) is 64.2 Å². The fourth-order valence-electron chi connectivity index (χ4n) is 5.56. The van der Waals surface area contributed by atoms with Crippen LogP contribution in [0.1, 0.15) is 68.2 Å². The molecule has 7 nitrogen and oxygen atoms in total. The second kappa shape index (κ2) is 12.8. The van der Waals surface area contributed by atoms with Crippen molar-refractivity contribution >= 4 is 29.4 Å². The van der Waals surface area contributed by atoms with Crippen LogP contribution in [0, 0.1) is 18.8 Å². The number of hydrogen-bond donors (Lipinski definition) is 1. The SMILES string of the molecule is Cc1cc(CN(CC2CCC(C(=O)O)CC2)[C@@H](C)c2ccc(Cl)cc2)ccc1OCCN1C(=O)CCC1=O. The number of nitrogens with zero attached hydrogens (tertiary/aromatic N) is 2. The molecule has 2 aromatic rings. The minimum absolute atomic E-state index is 0.128. The molecule has 1 saturated heterocycles. The highest BCUT2D eigenvalue weighted by molar-refractivity contribution is 6.30. The van der Waals surface area contributed by atoms with Crippen molar-refractivity contribution in [3.63, 3.8) is 0 Å². The van der Waals surface area contributed by atoms with Crippen LogP contribution < -0.4 is 4.74 Å². The van der Waals surface area contributed by atoms with E-state index in [0.717, 1.165) is 50.1 Å². The van der Waals surface area contributed by atoms with Crippen molar-refractivity contribution in [2.45, 2.75) is 65.0 Å². The number of carbonyl (C=O) groups is 3. The molecule has 0 spiro atoms. The van der Waals surface area contributed by atoms with Crippen molar-refractivity contribution in [2.24, 2.45) is 11.8 Å². The van der Waals surface area contributed by atoms with Gasteiger partial charge in [0.1, 0.15) is 12.4 Å². The molecule has 204 valence electrons. The number of carboxylic acid groups (broad SMARTS) is 1. The minimum Gasteiger partial charge on any atom is -0.491 e. The van der Waals surface area contributed by atoms with Crippen LogP contribution in [0.15, 0.2) is 42.5 Å². The topological polar surface area (TPSA) is 87.2 Å². The van der Waals surface area contributed by atoms with Gasteiger partial charge >= 0.3 is 5.97 Å². The van der Waals surface area contributed by atoms with Gasteiger partial charge in [-0.05, 0) is 80.3 Å². The van der Waals surface area contributed by atoms with E-state index >= 15 is 0 Å². The first-order valence-corrected chi connectivity index (χ1v) is 13.9. The summed E-state index contributed by atoms with van der Waals surface area (Å²) >= 11 is 6.13. The number of ether oxygens (including phenoxy) is 1. The normalized spacial score (nSPS) is 20.7. The van der Waals surface area contributed by atoms with Gasteiger partial charge in [-0.3, -0.25) is 24.2 Å². The number of aryl methyl sites for hydroxylation is 1. The van der Waals surface area contributed by atoms with Gasteiger partial charge in [-0.15, -0.1) is 0 Å². The third-order valence-corrected chi connectivity index (χ3v) is 8.19. The molecule has 1 atom stereocenters. The Bertz CT molecular complexity index is 1130. The number of amides is 2. The lowest BCUT2D eigenvalue weighted by Crippen LogP contribution is -2.34. The molecule has 4 rings (SSSR count). The number of imide groups is 1. The Morgan fingerprint density at radius 2 is 1.74 bits per heavy atom. The first-order valence-electron chi connectivity index (χ1n) is 13.5. The molecule has 2 aromatic carbocycles. The average Bonchev–Trinajstić information content (AvgIpc) is 3.22. The van der Waals surface area contributed by atoms with Gasteiger partial charge in [0.25, 0.3) is 0 Å². The Hall–Kier alpha value is -2.90. The van der Waals surface area contributed by atoms with Crippen molar-refractivity contribution in [1.82, 2.24) is 9.80 Å². The molecule has 1 N–H and O–H groups in total. The number of rotatable bonds is 11. The monoisotopic (exact) mass is 540 g/mol. The number of benzene rings is 2. The molecule has 1 heterocycles. The Morgan fingerprint density at radius 1 is 1.08 bits per heavy atom. The lowest BCUT2D eigenvalue weighted by atomic mass is 9.81. The summed E-state index contributed by atoms with van der Waals surface area (Å²) in [4.78, 5) is 38.8. The van der Waals surface area contributed by atoms with Crippen LogP contribution >= 0.6 is 11.6 Å². The smallest absolute Gasteiger partial charge is 0.306 e. The number of aliphatic carboxylic acids is 1. The standard InChI is InChI=1S/C30H37ClN2O5/c1-20-17-23(5-12-27(20)38-16-15-33-28(34)13-14-29(33)35)19-32(21(2)24-8-10-26(31)11-9-24)18-22-3-6-25(7-4-22)30(36)37/h5,8-12,17,21-22,25H,3-4,6-7,13-16,18-19H2,1-2H3,(H,36,37)/t21-,22?,25?/m0/s1. The summed E-state index contributed by atoms with van der Waals surface area (Å²) < 4.78 is 5.91. The maximum Gasteiger partial charge on any atom is 0.306 e. The summed E-state index contributed by atoms with van der Waals surface area (Å²) in [5, 5.41) is 10.1. The quantitative estimate of drug-likeness (QED) is 0.372. The highest BCUT2D eigenvalue weighted by Gasteiger charge is 2.29. The molecule has 0 aromatic heterocycles. The summed E-state index contributed by atoms with van der Waals surface area (Å²) in [5.41, 5.74) is 3.36. The maximum absolute atomic E-state index is 11.8. The zero-order valence-corrected chi connectivity index (χ0v) is 23.0. The molecule has 2 fully saturated rings. The zero-order valence-electron chi connectivity index (χ0n) is 22.2. The molecular weight excluding hydrogens is 504 g/mol. The van der Waals surface area contributed by atoms with Crippen LogP contribution in [0.4, 0.5) is 0 Å². The van der Waals surface area contributed by atoms with E-state index in [-0.39, 0.29) is 36.9 Å². The van der Waals surface area contributed by atoms with E-state index < -0.39 is 5.97 Å². The van der Waals surface area contributed by atoms with E-state index in [4.69, 9.17) is 16.3 Å². The lowest BCUT2D eigenvalue weighted by molar-refractivity contribution is -0.143. The van der Waals surface area contributed by atoms with Crippen molar-refractivity contribution < 1.29 is 24.2 Å². The molecule has 2 aliphatic rings. The van der Waals surface area contributed by atoms with E-state index in [2.05, 4.69) is 36.1 Å². The van der Waals surface area contributed by atoms with Crippen molar-refractivity contribution in [1.29, 1.82) is 0 Å². The van der Waals surface area contributed by atoms with E-state index in [1.165, 1.54) is 16.0 Å². The van der Waals surface area contributed by atoms with E-state index in [1.54, 1.807) is 0 Å². The Kier molecular flexibility index (Phi) is 9.44. The molecule has 1 aliphatic carbocycles. The molecule has 1 saturated carbocycles. The Labute approximate surface area is 229 Å². The number of carbonyl (C=O) groups excluding carboxylic acids is 2. The molecule has 38 heavy (non-hydrogen) atoms. The third-order valence-electron chi connectivity index (χ3n) is 7.94. The van der Waals surface area contributed by atoms with Crippen LogP contribution in [-0.2, 0) is 20.9 Å². The van der Waals surface area contributed by atoms with Crippen LogP contribution in [-0.4, -0.2) is 52.4 Å². The predicted molar refractivity (Wildman–Crippen MR) is 146 cm³/mol. The summed E-state index contributed by atoms with van der Waals surface area (Å²) in [6, 6.07) is 14.3. The van der Waals surface area contributed by atoms with Crippen molar-refractivity contribution in [3.8, 4) is 5.75 Å². The summed E-state index contributed by atoms with van der Waals surface area (Å²) in [7, 11) is 0. The minimum atomic E-state index is -0.675. The first kappa shape index (κ1) is 28.1. The van der Waals surface area contributed by atoms with Crippen LogP contribution in [0.2, 0.25) is 5.02 Å². The highest BCUT2D eigenvalue weighted by atomic mass is 35.5. The fourth-order valence-corrected chi connectivity index (χ4v) is 5.69. The van der Waals surface area contributed by atoms with Crippen LogP contribution in [0.25, 0.3) is 0 Å². The molecular formula is C30H37ClN2O5. The largest absolute Gasteiger partial charge is 0.491 e. The van der Waals surface area contributed by atoms with Gasteiger partial charge < -0.3 is 9.84 Å². The van der Waals surface area contributed by atoms with Crippen LogP contribution in [0.3, 0.4) is 0 Å². The Morgan fingerprint density at radius 3 is 2.34 bits per heavy atom. The number of halogens is 1. The lowest BCUT2D eigenvalue weighted by Gasteiger charge is -2.35. The van der Waals surface area contributed by atoms with Gasteiger partial charge in [0, 0.05) is 37.0 Å². The van der Waals surface area contributed by atoms with Crippen molar-refractivity contribution in [2.75, 3.05) is 19.7 Å². The summed E-state index contributed by atoms with van der Waals surface area (Å²) in [6.45, 7) is 6.40. The van der Waals surface area contributed by atoms with E-state index in [0.29, 0.717) is 23.8 Å². The maximum atomic E-state index is 11.8. The van der Waals surface area contributed by atoms with Gasteiger partial charge in [0.15, 0.2) is 0 Å². The zero-order chi connectivity index (χ0) is 27.2. The van der Waals surface area contributed by atoms with E-state index in [1.807, 2.05) is 25.1 Å². The van der Waals surface area contributed by atoms with Gasteiger partial charge in [-0.1, -0.05) is 35.9 Å². The molecule has 0 unspecified atom stereocenters. The van der Waals surface area contributed by atoms with E-state index in [9.17, 15) is 19.5 Å². The average molecular weight is 541 g/mol. The first-order chi connectivity index (χ1) is 18.2. The van der Waals surface area contributed by atoms with Crippen LogP contribution in [0.5, 0.6) is 5.75 Å². The number of likely N-dealkylation sites (tertiary alicyclic amines) is 1. The Balaban J connectivity index is 1.42. The van der Waals surface area contributed by atoms with Gasteiger partial charge in [-0.2, -0.15) is 0 Å². The van der Waals surface area contributed by atoms with Gasteiger partial charge in [-0.25, -0.2) is 0 Å². The predicted octanol–water partition coefficient (Wildman–Crippen LogP) is 5.63. The van der Waals surface area contributed by atoms with Gasteiger partial charge in [0.05, 0.1) is 12.5 Å². The second-order valence-electron chi connectivity index (χ2n) is 10.6. The number of hydrogen-bond acceptors (Lipinski definition) is 5. The number of carboxylic acids is 1. The molecule has 8 heteroatoms. The molecule has 0 radical (unpaired) electrons. The fraction of sp³-hybridized carbons (Fsp3) is 0.500. The highest BCUT2D eigenvalue weighted by Crippen LogP contribution is 2.33. The molecule has 2 amide bonds. The second-order valence-corrected chi connectivity index (χ2v) is 11.0. The summed E-state index contributed by atoms with van der Waals surface area (Å²) in [6.07, 6.45) is 3.91. The third kappa shape index (κ3) is 7.14. The molecule has 0 bridgehead atoms. The molecule has 1 aliphatic heterocycles. The van der Waals surface area contributed by atoms with Gasteiger partial charge in [0.2, 0.25) is 11.8 Å².